The number of ether oxygens (including phenoxy) is 2. The van der Waals surface area contributed by atoms with Crippen molar-refractivity contribution in [2.75, 3.05) is 14.2 Å². The van der Waals surface area contributed by atoms with Crippen LogP contribution in [0.25, 0.3) is 11.1 Å². The van der Waals surface area contributed by atoms with E-state index in [2.05, 4.69) is 89.2 Å². The quantitative estimate of drug-likeness (QED) is 0.434. The van der Waals surface area contributed by atoms with Gasteiger partial charge >= 0.3 is 0 Å². The lowest BCUT2D eigenvalue weighted by atomic mass is 9.64. The number of rotatable bonds is 6. The van der Waals surface area contributed by atoms with Crippen LogP contribution in [0, 0.1) is 0 Å². The average Bonchev–Trinajstić information content (AvgIpc) is 2.69. The third-order valence-electron chi connectivity index (χ3n) is 6.52. The SMILES string of the molecule is COc1ccc(OC)c(-c2c(C(C)C)c(C(C)(C)C)c(C(C)C)c(C(C)(C)C)c2C(C)C)c1. The molecule has 33 heavy (non-hydrogen) atoms. The van der Waals surface area contributed by atoms with E-state index < -0.39 is 0 Å². The molecule has 2 aromatic rings. The highest BCUT2D eigenvalue weighted by molar-refractivity contribution is 5.83. The molecule has 2 nitrogen and oxygen atoms in total. The zero-order valence-corrected chi connectivity index (χ0v) is 23.8. The van der Waals surface area contributed by atoms with E-state index in [4.69, 9.17) is 9.47 Å². The first-order valence-electron chi connectivity index (χ1n) is 12.5. The molecule has 0 radical (unpaired) electrons. The van der Waals surface area contributed by atoms with Gasteiger partial charge in [0.2, 0.25) is 0 Å². The first-order valence-corrected chi connectivity index (χ1v) is 12.5. The number of benzene rings is 2. The smallest absolute Gasteiger partial charge is 0.126 e. The Kier molecular flexibility index (Phi) is 8.04. The van der Waals surface area contributed by atoms with Gasteiger partial charge in [-0.3, -0.25) is 0 Å². The van der Waals surface area contributed by atoms with Gasteiger partial charge in [-0.05, 0) is 80.2 Å². The van der Waals surface area contributed by atoms with Gasteiger partial charge < -0.3 is 9.47 Å². The summed E-state index contributed by atoms with van der Waals surface area (Å²) in [6.07, 6.45) is 0. The normalized spacial score (nSPS) is 12.8. The first-order chi connectivity index (χ1) is 15.1. The molecular weight excluding hydrogens is 404 g/mol. The molecule has 0 spiro atoms. The highest BCUT2D eigenvalue weighted by Gasteiger charge is 2.37. The van der Waals surface area contributed by atoms with Gasteiger partial charge in [0, 0.05) is 5.56 Å². The molecule has 0 atom stereocenters. The van der Waals surface area contributed by atoms with Crippen LogP contribution in [0.1, 0.15) is 129 Å². The number of hydrogen-bond acceptors (Lipinski definition) is 2. The van der Waals surface area contributed by atoms with E-state index in [1.165, 1.54) is 33.4 Å². The molecule has 0 fully saturated rings. The molecule has 2 aromatic carbocycles. The molecule has 2 heteroatoms. The van der Waals surface area contributed by atoms with Gasteiger partial charge in [-0.1, -0.05) is 83.1 Å². The second kappa shape index (κ2) is 9.72. The summed E-state index contributed by atoms with van der Waals surface area (Å²) in [5, 5.41) is 0. The van der Waals surface area contributed by atoms with Crippen LogP contribution in [-0.2, 0) is 10.8 Å². The molecule has 0 unspecified atom stereocenters. The molecule has 0 aliphatic carbocycles. The van der Waals surface area contributed by atoms with Crippen LogP contribution in [0.3, 0.4) is 0 Å². The summed E-state index contributed by atoms with van der Waals surface area (Å²) in [5.41, 5.74) is 9.94. The van der Waals surface area contributed by atoms with Crippen LogP contribution >= 0.6 is 0 Å². The van der Waals surface area contributed by atoms with Crippen LogP contribution in [0.15, 0.2) is 18.2 Å². The fourth-order valence-electron chi connectivity index (χ4n) is 5.46. The molecule has 0 aliphatic heterocycles. The van der Waals surface area contributed by atoms with E-state index in [-0.39, 0.29) is 10.8 Å². The van der Waals surface area contributed by atoms with Crippen molar-refractivity contribution in [3.63, 3.8) is 0 Å². The monoisotopic (exact) mass is 452 g/mol. The molecule has 184 valence electrons. The zero-order valence-electron chi connectivity index (χ0n) is 23.8. The molecule has 0 aliphatic rings. The van der Waals surface area contributed by atoms with Gasteiger partial charge in [0.15, 0.2) is 0 Å². The van der Waals surface area contributed by atoms with Gasteiger partial charge in [-0.2, -0.15) is 0 Å². The van der Waals surface area contributed by atoms with Crippen molar-refractivity contribution in [3.8, 4) is 22.6 Å². The topological polar surface area (TPSA) is 18.5 Å². The fraction of sp³-hybridized carbons (Fsp3) is 0.613. The van der Waals surface area contributed by atoms with Crippen LogP contribution < -0.4 is 9.47 Å². The third kappa shape index (κ3) is 5.26. The molecule has 0 bridgehead atoms. The summed E-state index contributed by atoms with van der Waals surface area (Å²) in [7, 11) is 3.51. The summed E-state index contributed by atoms with van der Waals surface area (Å²) in [5.74, 6) is 2.93. The summed E-state index contributed by atoms with van der Waals surface area (Å²) < 4.78 is 11.6. The third-order valence-corrected chi connectivity index (χ3v) is 6.52. The Balaban J connectivity index is 3.41. The Morgan fingerprint density at radius 3 is 1.33 bits per heavy atom. The minimum atomic E-state index is 0.00949. The van der Waals surface area contributed by atoms with Crippen molar-refractivity contribution >= 4 is 0 Å². The van der Waals surface area contributed by atoms with E-state index in [1.54, 1.807) is 14.2 Å². The van der Waals surface area contributed by atoms with E-state index in [0.717, 1.165) is 17.1 Å². The fourth-order valence-corrected chi connectivity index (χ4v) is 5.46. The molecule has 0 N–H and O–H groups in total. The summed E-state index contributed by atoms with van der Waals surface area (Å²) in [6, 6.07) is 6.20. The maximum atomic E-state index is 5.94. The van der Waals surface area contributed by atoms with Crippen molar-refractivity contribution in [1.29, 1.82) is 0 Å². The molecule has 0 amide bonds. The number of hydrogen-bond donors (Lipinski definition) is 0. The summed E-state index contributed by atoms with van der Waals surface area (Å²) in [4.78, 5) is 0. The average molecular weight is 453 g/mol. The van der Waals surface area contributed by atoms with Crippen molar-refractivity contribution < 1.29 is 9.47 Å². The maximum absolute atomic E-state index is 5.94. The van der Waals surface area contributed by atoms with Crippen LogP contribution in [0.4, 0.5) is 0 Å². The van der Waals surface area contributed by atoms with Crippen molar-refractivity contribution in [1.82, 2.24) is 0 Å². The standard InChI is InChI=1S/C31H48O2/c1-18(2)24-27(22-17-21(32-13)15-16-23(22)33-14)25(19(3)4)29(31(10,11)12)26(20(5)6)28(24)30(7,8)9/h15-20H,1-14H3. The zero-order chi connectivity index (χ0) is 25.5. The Labute approximate surface area is 204 Å². The van der Waals surface area contributed by atoms with E-state index in [1.807, 2.05) is 12.1 Å². The molecular formula is C31H48O2. The predicted molar refractivity (Wildman–Crippen MR) is 145 cm³/mol. The highest BCUT2D eigenvalue weighted by Crippen LogP contribution is 2.52. The lowest BCUT2D eigenvalue weighted by molar-refractivity contribution is 0.404. The van der Waals surface area contributed by atoms with Gasteiger partial charge in [0.05, 0.1) is 14.2 Å². The lowest BCUT2D eigenvalue weighted by Crippen LogP contribution is -2.28. The van der Waals surface area contributed by atoms with Gasteiger partial charge in [0.25, 0.3) is 0 Å². The first kappa shape index (κ1) is 27.3. The maximum Gasteiger partial charge on any atom is 0.126 e. The summed E-state index contributed by atoms with van der Waals surface area (Å²) >= 11 is 0. The van der Waals surface area contributed by atoms with Gasteiger partial charge in [-0.25, -0.2) is 0 Å². The van der Waals surface area contributed by atoms with Crippen LogP contribution in [-0.4, -0.2) is 14.2 Å². The highest BCUT2D eigenvalue weighted by atomic mass is 16.5. The predicted octanol–water partition coefficient (Wildman–Crippen LogP) is 9.34. The van der Waals surface area contributed by atoms with Crippen molar-refractivity contribution in [2.45, 2.75) is 112 Å². The Bertz CT molecular complexity index is 932. The van der Waals surface area contributed by atoms with Crippen LogP contribution in [0.2, 0.25) is 0 Å². The van der Waals surface area contributed by atoms with E-state index in [0.29, 0.717) is 17.8 Å². The largest absolute Gasteiger partial charge is 0.497 e. The Morgan fingerprint density at radius 2 is 1.03 bits per heavy atom. The minimum Gasteiger partial charge on any atom is -0.497 e. The van der Waals surface area contributed by atoms with Gasteiger partial charge in [0.1, 0.15) is 11.5 Å². The van der Waals surface area contributed by atoms with Gasteiger partial charge in [-0.15, -0.1) is 0 Å². The van der Waals surface area contributed by atoms with Crippen molar-refractivity contribution in [3.05, 3.63) is 46.0 Å². The molecule has 0 saturated carbocycles. The van der Waals surface area contributed by atoms with Crippen LogP contribution in [0.5, 0.6) is 11.5 Å². The second-order valence-electron chi connectivity index (χ2n) is 12.4. The minimum absolute atomic E-state index is 0.00949. The Morgan fingerprint density at radius 1 is 0.606 bits per heavy atom. The molecule has 2 rings (SSSR count). The van der Waals surface area contributed by atoms with E-state index >= 15 is 0 Å². The molecule has 0 aromatic heterocycles. The molecule has 0 heterocycles. The van der Waals surface area contributed by atoms with Crippen molar-refractivity contribution in [2.24, 2.45) is 0 Å². The second-order valence-corrected chi connectivity index (χ2v) is 12.4. The number of methoxy groups -OCH3 is 2. The Hall–Kier alpha value is -1.96. The summed E-state index contributed by atoms with van der Waals surface area (Å²) in [6.45, 7) is 28.3. The lowest BCUT2D eigenvalue weighted by Gasteiger charge is -2.40. The molecule has 0 saturated heterocycles. The van der Waals surface area contributed by atoms with E-state index in [9.17, 15) is 0 Å².